The first-order chi connectivity index (χ1) is 16.2. The minimum Gasteiger partial charge on any atom is -0.495 e. The van der Waals surface area contributed by atoms with E-state index in [1.54, 1.807) is 43.1 Å². The molecule has 2 heterocycles. The lowest BCUT2D eigenvalue weighted by molar-refractivity contribution is -0.129. The van der Waals surface area contributed by atoms with E-state index in [1.807, 2.05) is 31.2 Å². The summed E-state index contributed by atoms with van der Waals surface area (Å²) in [6.07, 6.45) is 1.18. The van der Waals surface area contributed by atoms with Crippen LogP contribution < -0.4 is 9.47 Å². The van der Waals surface area contributed by atoms with Gasteiger partial charge in [-0.1, -0.05) is 30.9 Å². The lowest BCUT2D eigenvalue weighted by Crippen LogP contribution is -2.50. The van der Waals surface area contributed by atoms with E-state index >= 15 is 0 Å². The van der Waals surface area contributed by atoms with Crippen LogP contribution in [-0.2, 0) is 4.79 Å². The Balaban J connectivity index is 2.02. The van der Waals surface area contributed by atoms with Crippen LogP contribution in [0.1, 0.15) is 42.3 Å². The van der Waals surface area contributed by atoms with E-state index in [2.05, 4.69) is 16.8 Å². The normalized spacial score (nSPS) is 18.4. The van der Waals surface area contributed by atoms with Crippen molar-refractivity contribution < 1.29 is 24.2 Å². The van der Waals surface area contributed by atoms with E-state index in [-0.39, 0.29) is 41.9 Å². The first-order valence-corrected chi connectivity index (χ1v) is 11.2. The van der Waals surface area contributed by atoms with Crippen LogP contribution in [0, 0.1) is 17.8 Å². The number of carbonyl (C=O) groups is 2. The Kier molecular flexibility index (Phi) is 8.13. The quantitative estimate of drug-likeness (QED) is 0.681. The van der Waals surface area contributed by atoms with E-state index in [0.717, 1.165) is 5.56 Å². The molecule has 1 N–H and O–H groups in total. The number of likely N-dealkylation sites (N-methyl/N-ethyl adjacent to an activating group) is 1. The smallest absolute Gasteiger partial charge is 0.259 e. The monoisotopic (exact) mass is 465 g/mol. The Morgan fingerprint density at radius 3 is 2.79 bits per heavy atom. The van der Waals surface area contributed by atoms with E-state index in [4.69, 9.17) is 9.47 Å². The number of fused-ring (bicyclic) bond motifs is 1. The maximum absolute atomic E-state index is 13.5. The van der Waals surface area contributed by atoms with Gasteiger partial charge in [0.25, 0.3) is 5.91 Å². The van der Waals surface area contributed by atoms with Gasteiger partial charge in [-0.25, -0.2) is 4.98 Å². The molecule has 1 aromatic heterocycles. The molecule has 0 bridgehead atoms. The van der Waals surface area contributed by atoms with Crippen molar-refractivity contribution in [2.24, 2.45) is 5.92 Å². The van der Waals surface area contributed by atoms with E-state index in [1.165, 1.54) is 6.92 Å². The number of para-hydroxylation sites is 1. The third kappa shape index (κ3) is 5.67. The summed E-state index contributed by atoms with van der Waals surface area (Å²) in [7, 11) is 3.29. The van der Waals surface area contributed by atoms with Crippen LogP contribution in [0.3, 0.4) is 0 Å². The summed E-state index contributed by atoms with van der Waals surface area (Å²) in [5.41, 5.74) is 1.54. The van der Waals surface area contributed by atoms with Crippen molar-refractivity contribution in [3.8, 4) is 23.5 Å². The fourth-order valence-corrected chi connectivity index (χ4v) is 3.67. The molecule has 2 amide bonds. The van der Waals surface area contributed by atoms with Gasteiger partial charge in [-0.05, 0) is 25.1 Å². The molecule has 8 nitrogen and oxygen atoms in total. The molecule has 180 valence electrons. The molecule has 3 rings (SSSR count). The van der Waals surface area contributed by atoms with Crippen LogP contribution in [0.4, 0.5) is 0 Å². The fraction of sp³-hybridized carbons (Fsp3) is 0.423. The van der Waals surface area contributed by atoms with Crippen molar-refractivity contribution in [1.82, 2.24) is 14.8 Å². The fourth-order valence-electron chi connectivity index (χ4n) is 3.67. The summed E-state index contributed by atoms with van der Waals surface area (Å²) < 4.78 is 11.5. The second kappa shape index (κ2) is 11.0. The minimum absolute atomic E-state index is 0.0790. The Morgan fingerprint density at radius 1 is 1.38 bits per heavy atom. The lowest BCUT2D eigenvalue weighted by atomic mass is 10.00. The number of pyridine rings is 1. The maximum Gasteiger partial charge on any atom is 0.259 e. The van der Waals surface area contributed by atoms with Gasteiger partial charge in [0.2, 0.25) is 11.8 Å². The third-order valence-corrected chi connectivity index (χ3v) is 5.96. The van der Waals surface area contributed by atoms with Crippen LogP contribution >= 0.6 is 0 Å². The molecule has 8 heteroatoms. The van der Waals surface area contributed by atoms with E-state index in [0.29, 0.717) is 24.4 Å². The third-order valence-electron chi connectivity index (χ3n) is 5.96. The number of hydrogen-bond donors (Lipinski definition) is 1. The molecule has 3 atom stereocenters. The Bertz CT molecular complexity index is 1110. The second-order valence-corrected chi connectivity index (χ2v) is 8.55. The van der Waals surface area contributed by atoms with Gasteiger partial charge in [0, 0.05) is 38.2 Å². The highest BCUT2D eigenvalue weighted by atomic mass is 16.5. The predicted octanol–water partition coefficient (Wildman–Crippen LogP) is 2.19. The number of carbonyl (C=O) groups excluding carboxylic acids is 2. The standard InChI is InChI=1S/C26H31N3O5/c1-17-14-29(18(2)16-30)26(32)22-12-20(10-11-21-8-6-7-9-23(21)33-5)13-27-25(22)34-24(17)15-28(4)19(3)31/h6-9,12-13,17-18,24,30H,14-16H2,1-5H3/t17-,18+,24+/m0/s1. The van der Waals surface area contributed by atoms with Gasteiger partial charge in [-0.15, -0.1) is 0 Å². The Morgan fingerprint density at radius 2 is 2.12 bits per heavy atom. The highest BCUT2D eigenvalue weighted by Gasteiger charge is 2.34. The first-order valence-electron chi connectivity index (χ1n) is 11.2. The molecule has 1 aromatic carbocycles. The van der Waals surface area contributed by atoms with Crippen LogP contribution in [0.25, 0.3) is 0 Å². The number of nitrogens with zero attached hydrogens (tertiary/aromatic N) is 3. The number of rotatable bonds is 5. The topological polar surface area (TPSA) is 92.2 Å². The molecule has 0 fully saturated rings. The molecular formula is C26H31N3O5. The number of benzene rings is 1. The molecule has 1 aliphatic rings. The van der Waals surface area contributed by atoms with Crippen molar-refractivity contribution in [2.45, 2.75) is 32.9 Å². The maximum atomic E-state index is 13.5. The van der Waals surface area contributed by atoms with Crippen LogP contribution in [0.2, 0.25) is 0 Å². The number of aromatic nitrogens is 1. The van der Waals surface area contributed by atoms with Gasteiger partial charge in [0.15, 0.2) is 0 Å². The molecule has 34 heavy (non-hydrogen) atoms. The highest BCUT2D eigenvalue weighted by Crippen LogP contribution is 2.27. The number of amides is 2. The highest BCUT2D eigenvalue weighted by molar-refractivity contribution is 5.97. The Labute approximate surface area is 200 Å². The van der Waals surface area contributed by atoms with Crippen molar-refractivity contribution in [3.05, 3.63) is 53.2 Å². The first kappa shape index (κ1) is 25.1. The van der Waals surface area contributed by atoms with Crippen molar-refractivity contribution in [1.29, 1.82) is 0 Å². The predicted molar refractivity (Wildman–Crippen MR) is 128 cm³/mol. The summed E-state index contributed by atoms with van der Waals surface area (Å²) >= 11 is 0. The molecule has 0 saturated heterocycles. The molecule has 2 aromatic rings. The SMILES string of the molecule is COc1ccccc1C#Cc1cnc2c(c1)C(=O)N([C@H](C)CO)C[C@H](C)[C@@H](CN(C)C(C)=O)O2. The zero-order valence-electron chi connectivity index (χ0n) is 20.2. The average Bonchev–Trinajstić information content (AvgIpc) is 2.84. The van der Waals surface area contributed by atoms with E-state index in [9.17, 15) is 14.7 Å². The van der Waals surface area contributed by atoms with Crippen molar-refractivity contribution >= 4 is 11.8 Å². The summed E-state index contributed by atoms with van der Waals surface area (Å²) in [6, 6.07) is 8.68. The van der Waals surface area contributed by atoms with Crippen molar-refractivity contribution in [2.75, 3.05) is 33.9 Å². The van der Waals surface area contributed by atoms with Gasteiger partial charge < -0.3 is 24.4 Å². The van der Waals surface area contributed by atoms with Crippen LogP contribution in [0.15, 0.2) is 36.5 Å². The molecule has 0 radical (unpaired) electrons. The van der Waals surface area contributed by atoms with Crippen LogP contribution in [-0.4, -0.2) is 77.7 Å². The molecule has 0 saturated carbocycles. The average molecular weight is 466 g/mol. The van der Waals surface area contributed by atoms with Crippen LogP contribution in [0.5, 0.6) is 11.6 Å². The van der Waals surface area contributed by atoms with Crippen molar-refractivity contribution in [3.63, 3.8) is 0 Å². The molecule has 0 aliphatic carbocycles. The van der Waals surface area contributed by atoms with Gasteiger partial charge in [-0.3, -0.25) is 9.59 Å². The van der Waals surface area contributed by atoms with Gasteiger partial charge in [-0.2, -0.15) is 0 Å². The minimum atomic E-state index is -0.393. The summed E-state index contributed by atoms with van der Waals surface area (Å²) in [4.78, 5) is 32.9. The zero-order valence-corrected chi connectivity index (χ0v) is 20.2. The van der Waals surface area contributed by atoms with Gasteiger partial charge in [0.05, 0.1) is 31.9 Å². The number of aliphatic hydroxyl groups is 1. The molecular weight excluding hydrogens is 434 g/mol. The molecule has 1 aliphatic heterocycles. The molecule has 0 unspecified atom stereocenters. The summed E-state index contributed by atoms with van der Waals surface area (Å²) in [5, 5.41) is 9.77. The summed E-state index contributed by atoms with van der Waals surface area (Å²) in [5.74, 6) is 6.50. The zero-order chi connectivity index (χ0) is 24.8. The number of ether oxygens (including phenoxy) is 2. The molecule has 0 spiro atoms. The number of hydrogen-bond acceptors (Lipinski definition) is 6. The largest absolute Gasteiger partial charge is 0.495 e. The summed E-state index contributed by atoms with van der Waals surface area (Å²) in [6.45, 7) is 5.79. The number of aliphatic hydroxyl groups excluding tert-OH is 1. The van der Waals surface area contributed by atoms with Gasteiger partial charge >= 0.3 is 0 Å². The lowest BCUT2D eigenvalue weighted by Gasteiger charge is -2.37. The van der Waals surface area contributed by atoms with Gasteiger partial charge in [0.1, 0.15) is 17.4 Å². The van der Waals surface area contributed by atoms with E-state index < -0.39 is 6.04 Å². The number of methoxy groups -OCH3 is 1. The second-order valence-electron chi connectivity index (χ2n) is 8.55. The Hall–Kier alpha value is -3.57.